The highest BCUT2D eigenvalue weighted by atomic mass is 35.5. The number of carbonyl (C=O) groups is 2. The van der Waals surface area contributed by atoms with Crippen molar-refractivity contribution in [2.24, 2.45) is 0 Å². The van der Waals surface area contributed by atoms with E-state index < -0.39 is 34.4 Å². The maximum absolute atomic E-state index is 14.0. The Morgan fingerprint density at radius 3 is 2.18 bits per heavy atom. The molecule has 39 heavy (non-hydrogen) atoms. The summed E-state index contributed by atoms with van der Waals surface area (Å²) >= 11 is 19.0. The van der Waals surface area contributed by atoms with Crippen LogP contribution in [0.2, 0.25) is 15.1 Å². The minimum absolute atomic E-state index is 0.0797. The first-order chi connectivity index (χ1) is 18.5. The molecule has 0 saturated carbocycles. The first-order valence-corrected chi connectivity index (χ1v) is 14.7. The van der Waals surface area contributed by atoms with Crippen molar-refractivity contribution in [3.05, 3.63) is 92.9 Å². The molecule has 0 saturated heterocycles. The van der Waals surface area contributed by atoms with Crippen LogP contribution in [-0.4, -0.2) is 58.1 Å². The average Bonchev–Trinajstić information content (AvgIpc) is 2.90. The number of benzene rings is 3. The van der Waals surface area contributed by atoms with Crippen molar-refractivity contribution in [3.63, 3.8) is 0 Å². The first-order valence-electron chi connectivity index (χ1n) is 11.7. The molecule has 2 amide bonds. The van der Waals surface area contributed by atoms with Crippen LogP contribution in [0.1, 0.15) is 11.1 Å². The summed E-state index contributed by atoms with van der Waals surface area (Å²) in [4.78, 5) is 28.5. The fraction of sp³-hybridized carbons (Fsp3) is 0.259. The van der Waals surface area contributed by atoms with Gasteiger partial charge >= 0.3 is 0 Å². The van der Waals surface area contributed by atoms with Crippen molar-refractivity contribution >= 4 is 62.3 Å². The first kappa shape index (κ1) is 30.6. The molecule has 0 aliphatic carbocycles. The minimum Gasteiger partial charge on any atom is -0.495 e. The number of methoxy groups -OCH3 is 1. The van der Waals surface area contributed by atoms with Gasteiger partial charge in [0.05, 0.1) is 19.1 Å². The molecule has 3 aromatic carbocycles. The molecule has 1 N–H and O–H groups in total. The molecule has 0 heterocycles. The third-order valence-electron chi connectivity index (χ3n) is 6.00. The fourth-order valence-corrected chi connectivity index (χ4v) is 5.56. The van der Waals surface area contributed by atoms with Crippen LogP contribution in [0.15, 0.2) is 66.7 Å². The van der Waals surface area contributed by atoms with Crippen molar-refractivity contribution in [1.82, 2.24) is 10.2 Å². The molecule has 1 atom stereocenters. The molecule has 0 aromatic heterocycles. The summed E-state index contributed by atoms with van der Waals surface area (Å²) in [5.41, 5.74) is 1.30. The summed E-state index contributed by atoms with van der Waals surface area (Å²) in [5.74, 6) is -0.907. The lowest BCUT2D eigenvalue weighted by Crippen LogP contribution is -2.53. The van der Waals surface area contributed by atoms with E-state index in [0.29, 0.717) is 15.6 Å². The second-order valence-corrected chi connectivity index (χ2v) is 11.8. The molecule has 0 radical (unpaired) electrons. The van der Waals surface area contributed by atoms with Gasteiger partial charge in [-0.05, 0) is 35.9 Å². The zero-order valence-electron chi connectivity index (χ0n) is 21.5. The number of sulfonamides is 1. The molecule has 3 rings (SSSR count). The number of nitrogens with one attached hydrogen (secondary N) is 1. The molecular weight excluding hydrogens is 585 g/mol. The smallest absolute Gasteiger partial charge is 0.244 e. The Kier molecular flexibility index (Phi) is 10.5. The summed E-state index contributed by atoms with van der Waals surface area (Å²) in [5, 5.41) is 3.45. The van der Waals surface area contributed by atoms with E-state index in [9.17, 15) is 18.0 Å². The van der Waals surface area contributed by atoms with Gasteiger partial charge in [-0.25, -0.2) is 8.42 Å². The number of nitrogens with zero attached hydrogens (tertiary/aromatic N) is 2. The average molecular weight is 613 g/mol. The van der Waals surface area contributed by atoms with E-state index in [4.69, 9.17) is 39.5 Å². The highest BCUT2D eigenvalue weighted by Gasteiger charge is 2.34. The Labute approximate surface area is 243 Å². The fourth-order valence-electron chi connectivity index (χ4n) is 4.03. The molecule has 3 aromatic rings. The van der Waals surface area contributed by atoms with Crippen LogP contribution >= 0.6 is 34.8 Å². The van der Waals surface area contributed by atoms with Crippen molar-refractivity contribution < 1.29 is 22.7 Å². The van der Waals surface area contributed by atoms with Crippen LogP contribution in [0, 0.1) is 0 Å². The lowest BCUT2D eigenvalue weighted by Gasteiger charge is -2.33. The van der Waals surface area contributed by atoms with Gasteiger partial charge in [0.25, 0.3) is 0 Å². The van der Waals surface area contributed by atoms with Gasteiger partial charge in [-0.3, -0.25) is 13.9 Å². The van der Waals surface area contributed by atoms with Crippen molar-refractivity contribution in [2.45, 2.75) is 19.0 Å². The monoisotopic (exact) mass is 611 g/mol. The Morgan fingerprint density at radius 2 is 1.62 bits per heavy atom. The predicted octanol–water partition coefficient (Wildman–Crippen LogP) is 4.81. The van der Waals surface area contributed by atoms with Crippen molar-refractivity contribution in [1.29, 1.82) is 0 Å². The van der Waals surface area contributed by atoms with E-state index in [1.54, 1.807) is 24.3 Å². The van der Waals surface area contributed by atoms with E-state index in [-0.39, 0.29) is 29.4 Å². The van der Waals surface area contributed by atoms with Crippen LogP contribution in [-0.2, 0) is 32.6 Å². The third kappa shape index (κ3) is 7.79. The number of anilines is 1. The van der Waals surface area contributed by atoms with Gasteiger partial charge < -0.3 is 15.0 Å². The largest absolute Gasteiger partial charge is 0.495 e. The number of likely N-dealkylation sites (N-methyl/N-ethyl adjacent to an activating group) is 1. The number of hydrogen-bond acceptors (Lipinski definition) is 5. The maximum atomic E-state index is 14.0. The summed E-state index contributed by atoms with van der Waals surface area (Å²) < 4.78 is 32.1. The van der Waals surface area contributed by atoms with Crippen LogP contribution in [0.3, 0.4) is 0 Å². The number of amides is 2. The molecule has 0 spiro atoms. The van der Waals surface area contributed by atoms with Crippen molar-refractivity contribution in [2.75, 3.05) is 31.3 Å². The molecule has 208 valence electrons. The Balaban J connectivity index is 2.12. The van der Waals surface area contributed by atoms with Crippen LogP contribution in [0.5, 0.6) is 5.75 Å². The zero-order valence-corrected chi connectivity index (χ0v) is 24.6. The van der Waals surface area contributed by atoms with Gasteiger partial charge in [0, 0.05) is 40.6 Å². The number of carbonyl (C=O) groups excluding carboxylic acids is 2. The van der Waals surface area contributed by atoms with Gasteiger partial charge in [-0.1, -0.05) is 71.2 Å². The zero-order chi connectivity index (χ0) is 28.7. The van der Waals surface area contributed by atoms with Gasteiger partial charge in [0.15, 0.2) is 0 Å². The quantitative estimate of drug-likeness (QED) is 0.335. The number of rotatable bonds is 11. The Bertz CT molecular complexity index is 1420. The standard InChI is InChI=1S/C27H28Cl3N3O5S/c1-31-27(35)24(14-18-8-5-4-6-9-18)32(16-20-21(29)10-7-11-22(20)30)26(34)17-33(39(3,36)37)23-15-19(28)12-13-25(23)38-2/h4-13,15,24H,14,16-17H2,1-3H3,(H,31,35)/t24-/m1/s1. The lowest BCUT2D eigenvalue weighted by molar-refractivity contribution is -0.139. The van der Waals surface area contributed by atoms with Gasteiger partial charge in [0.2, 0.25) is 21.8 Å². The van der Waals surface area contributed by atoms with Gasteiger partial charge in [-0.2, -0.15) is 0 Å². The summed E-state index contributed by atoms with van der Waals surface area (Å²) in [6, 6.07) is 17.5. The van der Waals surface area contributed by atoms with Gasteiger partial charge in [-0.15, -0.1) is 0 Å². The molecule has 0 aliphatic rings. The van der Waals surface area contributed by atoms with Crippen LogP contribution in [0.25, 0.3) is 0 Å². The highest BCUT2D eigenvalue weighted by Crippen LogP contribution is 2.33. The highest BCUT2D eigenvalue weighted by molar-refractivity contribution is 7.92. The van der Waals surface area contributed by atoms with Gasteiger partial charge in [0.1, 0.15) is 18.3 Å². The number of hydrogen-bond donors (Lipinski definition) is 1. The van der Waals surface area contributed by atoms with E-state index in [0.717, 1.165) is 16.1 Å². The van der Waals surface area contributed by atoms with Crippen LogP contribution in [0.4, 0.5) is 5.69 Å². The van der Waals surface area contributed by atoms with E-state index in [2.05, 4.69) is 5.32 Å². The summed E-state index contributed by atoms with van der Waals surface area (Å²) in [6.07, 6.45) is 1.13. The molecule has 0 fully saturated rings. The van der Waals surface area contributed by atoms with Crippen molar-refractivity contribution in [3.8, 4) is 5.75 Å². The summed E-state index contributed by atoms with van der Waals surface area (Å²) in [6.45, 7) is -0.785. The molecule has 12 heteroatoms. The maximum Gasteiger partial charge on any atom is 0.244 e. The van der Waals surface area contributed by atoms with E-state index in [1.165, 1.54) is 31.2 Å². The minimum atomic E-state index is -4.00. The second-order valence-electron chi connectivity index (χ2n) is 8.63. The lowest BCUT2D eigenvalue weighted by atomic mass is 10.0. The Morgan fingerprint density at radius 1 is 0.974 bits per heavy atom. The predicted molar refractivity (Wildman–Crippen MR) is 155 cm³/mol. The molecule has 8 nitrogen and oxygen atoms in total. The molecular formula is C27H28Cl3N3O5S. The van der Waals surface area contributed by atoms with E-state index >= 15 is 0 Å². The third-order valence-corrected chi connectivity index (χ3v) is 8.07. The SMILES string of the molecule is CNC(=O)[C@@H](Cc1ccccc1)N(Cc1c(Cl)cccc1Cl)C(=O)CN(c1cc(Cl)ccc1OC)S(C)(=O)=O. The number of ether oxygens (including phenoxy) is 1. The Hall–Kier alpha value is -2.98. The van der Waals surface area contributed by atoms with Crippen LogP contribution < -0.4 is 14.4 Å². The molecule has 0 bridgehead atoms. The summed E-state index contributed by atoms with van der Waals surface area (Å²) in [7, 11) is -1.16. The van der Waals surface area contributed by atoms with E-state index in [1.807, 2.05) is 30.3 Å². The molecule has 0 unspecified atom stereocenters. The topological polar surface area (TPSA) is 96.0 Å². The molecule has 0 aliphatic heterocycles. The number of halogens is 3. The second kappa shape index (κ2) is 13.4. The normalized spacial score (nSPS) is 11.9.